The average Bonchev–Trinajstić information content (AvgIpc) is 3.24. The fraction of sp³-hybridized carbons (Fsp3) is 0.737. The molecule has 1 saturated carbocycles. The zero-order valence-electron chi connectivity index (χ0n) is 16.0. The number of thioether (sulfide) groups is 1. The highest BCUT2D eigenvalue weighted by Crippen LogP contribution is 2.38. The summed E-state index contributed by atoms with van der Waals surface area (Å²) in [6, 6.07) is 3.95. The Morgan fingerprint density at radius 2 is 2.04 bits per heavy atom. The SMILES string of the molecule is CSCCNC(=NCC1(CN(C)C)CCCC1)NCCc1ccco1. The molecule has 2 N–H and O–H groups in total. The number of nitrogens with one attached hydrogen (secondary N) is 2. The van der Waals surface area contributed by atoms with Crippen molar-refractivity contribution < 1.29 is 4.42 Å². The van der Waals surface area contributed by atoms with Gasteiger partial charge in [0.25, 0.3) is 0 Å². The first-order valence-electron chi connectivity index (χ1n) is 9.32. The summed E-state index contributed by atoms with van der Waals surface area (Å²) in [5, 5.41) is 6.94. The van der Waals surface area contributed by atoms with Crippen LogP contribution in [-0.2, 0) is 6.42 Å². The Morgan fingerprint density at radius 1 is 1.28 bits per heavy atom. The van der Waals surface area contributed by atoms with Gasteiger partial charge in [0, 0.05) is 43.8 Å². The topological polar surface area (TPSA) is 52.8 Å². The van der Waals surface area contributed by atoms with Crippen molar-refractivity contribution in [2.24, 2.45) is 10.4 Å². The molecule has 1 aliphatic rings. The molecule has 0 saturated heterocycles. The number of hydrogen-bond acceptors (Lipinski definition) is 4. The van der Waals surface area contributed by atoms with Gasteiger partial charge in [-0.15, -0.1) is 0 Å². The van der Waals surface area contributed by atoms with Crippen molar-refractivity contribution in [2.75, 3.05) is 52.3 Å². The summed E-state index contributed by atoms with van der Waals surface area (Å²) in [4.78, 5) is 7.26. The first-order valence-corrected chi connectivity index (χ1v) is 10.7. The molecule has 0 amide bonds. The van der Waals surface area contributed by atoms with E-state index in [1.807, 2.05) is 23.9 Å². The van der Waals surface area contributed by atoms with E-state index < -0.39 is 0 Å². The first kappa shape index (κ1) is 20.2. The zero-order valence-corrected chi connectivity index (χ0v) is 16.8. The van der Waals surface area contributed by atoms with E-state index in [4.69, 9.17) is 9.41 Å². The van der Waals surface area contributed by atoms with Crippen LogP contribution in [0.1, 0.15) is 31.4 Å². The van der Waals surface area contributed by atoms with Gasteiger partial charge in [-0.3, -0.25) is 4.99 Å². The van der Waals surface area contributed by atoms with Gasteiger partial charge in [0.15, 0.2) is 5.96 Å². The van der Waals surface area contributed by atoms with Crippen molar-refractivity contribution >= 4 is 17.7 Å². The quantitative estimate of drug-likeness (QED) is 0.379. The van der Waals surface area contributed by atoms with Crippen LogP contribution in [-0.4, -0.2) is 63.1 Å². The number of hydrogen-bond donors (Lipinski definition) is 2. The maximum absolute atomic E-state index is 5.41. The molecule has 25 heavy (non-hydrogen) atoms. The summed E-state index contributed by atoms with van der Waals surface area (Å²) in [5.41, 5.74) is 0.346. The molecule has 0 bridgehead atoms. The van der Waals surface area contributed by atoms with Gasteiger partial charge in [-0.25, -0.2) is 0 Å². The summed E-state index contributed by atoms with van der Waals surface area (Å²) in [6.07, 6.45) is 9.99. The van der Waals surface area contributed by atoms with E-state index >= 15 is 0 Å². The van der Waals surface area contributed by atoms with Crippen LogP contribution in [0, 0.1) is 5.41 Å². The van der Waals surface area contributed by atoms with Crippen molar-refractivity contribution in [3.63, 3.8) is 0 Å². The minimum absolute atomic E-state index is 0.346. The molecule has 0 unspecified atom stereocenters. The average molecular weight is 367 g/mol. The number of aliphatic imine (C=N–C) groups is 1. The van der Waals surface area contributed by atoms with Crippen LogP contribution in [0.3, 0.4) is 0 Å². The van der Waals surface area contributed by atoms with Crippen molar-refractivity contribution in [2.45, 2.75) is 32.1 Å². The van der Waals surface area contributed by atoms with Gasteiger partial charge in [0.1, 0.15) is 5.76 Å². The van der Waals surface area contributed by atoms with E-state index in [9.17, 15) is 0 Å². The first-order chi connectivity index (χ1) is 12.1. The molecule has 1 heterocycles. The molecule has 0 atom stereocenters. The minimum Gasteiger partial charge on any atom is -0.469 e. The molecule has 1 aromatic rings. The summed E-state index contributed by atoms with van der Waals surface area (Å²) in [7, 11) is 4.34. The number of rotatable bonds is 10. The normalized spacial score (nSPS) is 17.2. The molecular formula is C19H34N4OS. The predicted molar refractivity (Wildman–Crippen MR) is 109 cm³/mol. The molecule has 142 valence electrons. The molecular weight excluding hydrogens is 332 g/mol. The Labute approximate surface area is 157 Å². The number of nitrogens with zero attached hydrogens (tertiary/aromatic N) is 2. The van der Waals surface area contributed by atoms with E-state index in [-0.39, 0.29) is 0 Å². The molecule has 1 fully saturated rings. The highest BCUT2D eigenvalue weighted by molar-refractivity contribution is 7.98. The second-order valence-corrected chi connectivity index (χ2v) is 8.27. The van der Waals surface area contributed by atoms with Crippen molar-refractivity contribution in [3.05, 3.63) is 24.2 Å². The van der Waals surface area contributed by atoms with Gasteiger partial charge in [-0.1, -0.05) is 12.8 Å². The van der Waals surface area contributed by atoms with Gasteiger partial charge < -0.3 is 20.0 Å². The molecule has 1 aliphatic carbocycles. The fourth-order valence-corrected chi connectivity index (χ4v) is 3.92. The lowest BCUT2D eigenvalue weighted by atomic mass is 9.86. The van der Waals surface area contributed by atoms with Crippen LogP contribution in [0.25, 0.3) is 0 Å². The Hall–Kier alpha value is -1.14. The number of guanidine groups is 1. The van der Waals surface area contributed by atoms with Crippen molar-refractivity contribution in [1.29, 1.82) is 0 Å². The van der Waals surface area contributed by atoms with E-state index in [1.165, 1.54) is 25.7 Å². The van der Waals surface area contributed by atoms with Crippen LogP contribution < -0.4 is 10.6 Å². The third-order valence-corrected chi connectivity index (χ3v) is 5.34. The maximum Gasteiger partial charge on any atom is 0.191 e. The smallest absolute Gasteiger partial charge is 0.191 e. The highest BCUT2D eigenvalue weighted by atomic mass is 32.2. The maximum atomic E-state index is 5.41. The predicted octanol–water partition coefficient (Wildman–Crippen LogP) is 2.84. The van der Waals surface area contributed by atoms with Crippen LogP contribution in [0.15, 0.2) is 27.8 Å². The summed E-state index contributed by atoms with van der Waals surface area (Å²) in [6.45, 7) is 3.80. The van der Waals surface area contributed by atoms with Crippen molar-refractivity contribution in [1.82, 2.24) is 15.5 Å². The molecule has 0 spiro atoms. The van der Waals surface area contributed by atoms with Gasteiger partial charge >= 0.3 is 0 Å². The fourth-order valence-electron chi connectivity index (χ4n) is 3.61. The summed E-state index contributed by atoms with van der Waals surface area (Å²) in [5.74, 6) is 3.03. The largest absolute Gasteiger partial charge is 0.469 e. The zero-order chi connectivity index (χ0) is 18.0. The second-order valence-electron chi connectivity index (χ2n) is 7.29. The van der Waals surface area contributed by atoms with Gasteiger partial charge in [-0.05, 0) is 45.3 Å². The standard InChI is InChI=1S/C19H34N4OS/c1-23(2)16-19(9-4-5-10-19)15-22-18(21-12-14-25-3)20-11-8-17-7-6-13-24-17/h6-7,13H,4-5,8-12,14-16H2,1-3H3,(H2,20,21,22). The van der Waals surface area contributed by atoms with Gasteiger partial charge in [-0.2, -0.15) is 11.8 Å². The van der Waals surface area contributed by atoms with Gasteiger partial charge in [0.2, 0.25) is 0 Å². The lowest BCUT2D eigenvalue weighted by molar-refractivity contribution is 0.210. The molecule has 2 rings (SSSR count). The molecule has 0 aliphatic heterocycles. The van der Waals surface area contributed by atoms with E-state index in [0.717, 1.165) is 50.1 Å². The molecule has 1 aromatic heterocycles. The van der Waals surface area contributed by atoms with Crippen molar-refractivity contribution in [3.8, 4) is 0 Å². The Balaban J connectivity index is 1.90. The lowest BCUT2D eigenvalue weighted by Gasteiger charge is -2.30. The molecule has 5 nitrogen and oxygen atoms in total. The van der Waals surface area contributed by atoms with Crippen LogP contribution >= 0.6 is 11.8 Å². The highest BCUT2D eigenvalue weighted by Gasteiger charge is 2.34. The Kier molecular flexibility index (Phi) is 8.68. The second kappa shape index (κ2) is 10.8. The van der Waals surface area contributed by atoms with E-state index in [1.54, 1.807) is 6.26 Å². The monoisotopic (exact) mass is 366 g/mol. The molecule has 6 heteroatoms. The third kappa shape index (κ3) is 7.32. The van der Waals surface area contributed by atoms with E-state index in [0.29, 0.717) is 5.41 Å². The minimum atomic E-state index is 0.346. The number of furan rings is 1. The van der Waals surface area contributed by atoms with Crippen LogP contribution in [0.4, 0.5) is 0 Å². The van der Waals surface area contributed by atoms with Crippen LogP contribution in [0.2, 0.25) is 0 Å². The van der Waals surface area contributed by atoms with Crippen LogP contribution in [0.5, 0.6) is 0 Å². The van der Waals surface area contributed by atoms with E-state index in [2.05, 4.69) is 35.9 Å². The molecule has 0 radical (unpaired) electrons. The summed E-state index contributed by atoms with van der Waals surface area (Å²) >= 11 is 1.85. The molecule has 0 aromatic carbocycles. The summed E-state index contributed by atoms with van der Waals surface area (Å²) < 4.78 is 5.41. The lowest BCUT2D eigenvalue weighted by Crippen LogP contribution is -2.41. The van der Waals surface area contributed by atoms with Gasteiger partial charge in [0.05, 0.1) is 6.26 Å². The Morgan fingerprint density at radius 3 is 2.68 bits per heavy atom. The third-order valence-electron chi connectivity index (χ3n) is 4.73. The Bertz CT molecular complexity index is 496.